The second kappa shape index (κ2) is 6.21. The molecular formula is C13H13ClO4. The van der Waals surface area contributed by atoms with Crippen LogP contribution in [-0.2, 0) is 9.59 Å². The van der Waals surface area contributed by atoms with Crippen LogP contribution < -0.4 is 4.74 Å². The van der Waals surface area contributed by atoms with Gasteiger partial charge in [-0.15, -0.1) is 0 Å². The molecular weight excluding hydrogens is 256 g/mol. The maximum Gasteiger partial charge on any atom is 0.307 e. The summed E-state index contributed by atoms with van der Waals surface area (Å²) in [6.07, 6.45) is 1.16. The highest BCUT2D eigenvalue weighted by Crippen LogP contribution is 2.25. The first kappa shape index (κ1) is 14.3. The van der Waals surface area contributed by atoms with Gasteiger partial charge in [0.15, 0.2) is 5.78 Å². The number of methoxy groups -OCH3 is 1. The van der Waals surface area contributed by atoms with Crippen molar-refractivity contribution in [3.05, 3.63) is 34.4 Å². The first-order valence-corrected chi connectivity index (χ1v) is 5.58. The molecule has 0 heterocycles. The fraction of sp³-hybridized carbons (Fsp3) is 0.231. The average molecular weight is 269 g/mol. The summed E-state index contributed by atoms with van der Waals surface area (Å²) in [4.78, 5) is 22.0. The minimum atomic E-state index is -1.05. The highest BCUT2D eigenvalue weighted by atomic mass is 35.5. The minimum absolute atomic E-state index is 0.203. The van der Waals surface area contributed by atoms with Crippen LogP contribution in [-0.4, -0.2) is 24.0 Å². The molecule has 96 valence electrons. The molecule has 0 saturated heterocycles. The van der Waals surface area contributed by atoms with E-state index in [1.54, 1.807) is 18.2 Å². The van der Waals surface area contributed by atoms with Crippen LogP contribution in [0.4, 0.5) is 0 Å². The highest BCUT2D eigenvalue weighted by molar-refractivity contribution is 6.32. The van der Waals surface area contributed by atoms with E-state index in [0.717, 1.165) is 0 Å². The van der Waals surface area contributed by atoms with Crippen LogP contribution in [0.2, 0.25) is 5.02 Å². The Kier molecular flexibility index (Phi) is 4.92. The number of rotatable bonds is 5. The lowest BCUT2D eigenvalue weighted by atomic mass is 10.0. The third-order valence-corrected chi connectivity index (χ3v) is 2.66. The molecule has 0 amide bonds. The predicted molar refractivity (Wildman–Crippen MR) is 68.9 cm³/mol. The third-order valence-electron chi connectivity index (χ3n) is 2.33. The van der Waals surface area contributed by atoms with Gasteiger partial charge in [-0.05, 0) is 36.8 Å². The van der Waals surface area contributed by atoms with E-state index in [0.29, 0.717) is 16.3 Å². The highest BCUT2D eigenvalue weighted by Gasteiger charge is 2.10. The minimum Gasteiger partial charge on any atom is -0.497 e. The SMILES string of the molecule is COc1ccc(C=C(CC(=O)O)C(C)=O)c(Cl)c1. The van der Waals surface area contributed by atoms with Crippen molar-refractivity contribution in [1.29, 1.82) is 0 Å². The number of carbonyl (C=O) groups is 2. The standard InChI is InChI=1S/C13H13ClO4/c1-8(15)10(6-13(16)17)5-9-3-4-11(18-2)7-12(9)14/h3-5,7H,6H2,1-2H3,(H,16,17). The molecule has 0 aromatic heterocycles. The maximum absolute atomic E-state index is 11.3. The van der Waals surface area contributed by atoms with Gasteiger partial charge in [-0.1, -0.05) is 11.6 Å². The summed E-state index contributed by atoms with van der Waals surface area (Å²) in [6.45, 7) is 1.33. The van der Waals surface area contributed by atoms with Crippen molar-refractivity contribution in [1.82, 2.24) is 0 Å². The van der Waals surface area contributed by atoms with Crippen LogP contribution in [0, 0.1) is 0 Å². The number of hydrogen-bond acceptors (Lipinski definition) is 3. The van der Waals surface area contributed by atoms with Crippen LogP contribution in [0.15, 0.2) is 23.8 Å². The van der Waals surface area contributed by atoms with E-state index in [4.69, 9.17) is 21.4 Å². The van der Waals surface area contributed by atoms with Gasteiger partial charge in [0.2, 0.25) is 0 Å². The molecule has 0 radical (unpaired) electrons. The molecule has 0 aliphatic heterocycles. The summed E-state index contributed by atoms with van der Waals surface area (Å²) in [7, 11) is 1.52. The number of halogens is 1. The lowest BCUT2D eigenvalue weighted by Gasteiger charge is -2.05. The fourth-order valence-electron chi connectivity index (χ4n) is 1.38. The van der Waals surface area contributed by atoms with Crippen LogP contribution in [0.1, 0.15) is 18.9 Å². The normalized spacial score (nSPS) is 11.2. The Hall–Kier alpha value is -1.81. The summed E-state index contributed by atoms with van der Waals surface area (Å²) in [5.41, 5.74) is 0.790. The quantitative estimate of drug-likeness (QED) is 0.834. The number of ether oxygens (including phenoxy) is 1. The van der Waals surface area contributed by atoms with Crippen molar-refractivity contribution in [2.45, 2.75) is 13.3 Å². The first-order chi connectivity index (χ1) is 8.43. The van der Waals surface area contributed by atoms with Crippen LogP contribution in [0.3, 0.4) is 0 Å². The Morgan fingerprint density at radius 2 is 2.11 bits per heavy atom. The lowest BCUT2D eigenvalue weighted by molar-refractivity contribution is -0.136. The number of carbonyl (C=O) groups excluding carboxylic acids is 1. The zero-order valence-electron chi connectivity index (χ0n) is 10.1. The Labute approximate surface area is 110 Å². The summed E-state index contributed by atoms with van der Waals surface area (Å²) in [5, 5.41) is 9.12. The van der Waals surface area contributed by atoms with Crippen molar-refractivity contribution in [3.8, 4) is 5.75 Å². The van der Waals surface area contributed by atoms with Gasteiger partial charge in [0.05, 0.1) is 18.6 Å². The number of hydrogen-bond donors (Lipinski definition) is 1. The van der Waals surface area contributed by atoms with Gasteiger partial charge in [0, 0.05) is 5.57 Å². The van der Waals surface area contributed by atoms with E-state index in [2.05, 4.69) is 0 Å². The molecule has 0 bridgehead atoms. The topological polar surface area (TPSA) is 63.6 Å². The Bertz CT molecular complexity index is 506. The number of Topliss-reactive ketones (excluding diaryl/α,β-unsaturated/α-hetero) is 1. The smallest absolute Gasteiger partial charge is 0.307 e. The molecule has 0 atom stereocenters. The second-order valence-electron chi connectivity index (χ2n) is 3.68. The van der Waals surface area contributed by atoms with Crippen molar-refractivity contribution >= 4 is 29.4 Å². The molecule has 4 nitrogen and oxygen atoms in total. The van der Waals surface area contributed by atoms with Gasteiger partial charge in [-0.2, -0.15) is 0 Å². The Balaban J connectivity index is 3.11. The first-order valence-electron chi connectivity index (χ1n) is 5.21. The molecule has 18 heavy (non-hydrogen) atoms. The fourth-order valence-corrected chi connectivity index (χ4v) is 1.60. The zero-order valence-corrected chi connectivity index (χ0v) is 10.8. The molecule has 1 N–H and O–H groups in total. The molecule has 1 aromatic rings. The maximum atomic E-state index is 11.3. The second-order valence-corrected chi connectivity index (χ2v) is 4.09. The zero-order chi connectivity index (χ0) is 13.7. The number of ketones is 1. The Morgan fingerprint density at radius 3 is 2.56 bits per heavy atom. The van der Waals surface area contributed by atoms with Crippen molar-refractivity contribution in [2.75, 3.05) is 7.11 Å². The Morgan fingerprint density at radius 1 is 1.44 bits per heavy atom. The van der Waals surface area contributed by atoms with E-state index in [9.17, 15) is 9.59 Å². The van der Waals surface area contributed by atoms with E-state index in [1.165, 1.54) is 20.1 Å². The van der Waals surface area contributed by atoms with Gasteiger partial charge >= 0.3 is 5.97 Å². The van der Waals surface area contributed by atoms with E-state index < -0.39 is 5.97 Å². The van der Waals surface area contributed by atoms with Crippen LogP contribution >= 0.6 is 11.6 Å². The average Bonchev–Trinajstić information content (AvgIpc) is 2.29. The number of carboxylic acids is 1. The molecule has 1 rings (SSSR count). The van der Waals surface area contributed by atoms with E-state index >= 15 is 0 Å². The number of aliphatic carboxylic acids is 1. The monoisotopic (exact) mass is 268 g/mol. The van der Waals surface area contributed by atoms with Gasteiger partial charge in [-0.3, -0.25) is 9.59 Å². The third kappa shape index (κ3) is 3.89. The van der Waals surface area contributed by atoms with Crippen molar-refractivity contribution < 1.29 is 19.4 Å². The largest absolute Gasteiger partial charge is 0.497 e. The molecule has 0 saturated carbocycles. The summed E-state index contributed by atoms with van der Waals surface area (Å²) >= 11 is 6.01. The summed E-state index contributed by atoms with van der Waals surface area (Å²) in [5.74, 6) is -0.745. The molecule has 0 spiro atoms. The molecule has 1 aromatic carbocycles. The van der Waals surface area contributed by atoms with Gasteiger partial charge < -0.3 is 9.84 Å². The van der Waals surface area contributed by atoms with Gasteiger partial charge in [-0.25, -0.2) is 0 Å². The van der Waals surface area contributed by atoms with Crippen molar-refractivity contribution in [2.24, 2.45) is 0 Å². The molecule has 0 aliphatic carbocycles. The number of carboxylic acid groups (broad SMARTS) is 1. The number of benzene rings is 1. The van der Waals surface area contributed by atoms with E-state index in [-0.39, 0.29) is 17.8 Å². The van der Waals surface area contributed by atoms with Crippen LogP contribution in [0.5, 0.6) is 5.75 Å². The lowest BCUT2D eigenvalue weighted by Crippen LogP contribution is -2.04. The summed E-state index contributed by atoms with van der Waals surface area (Å²) in [6, 6.07) is 4.97. The molecule has 0 fully saturated rings. The van der Waals surface area contributed by atoms with E-state index in [1.807, 2.05) is 0 Å². The summed E-state index contributed by atoms with van der Waals surface area (Å²) < 4.78 is 5.00. The molecule has 5 heteroatoms. The van der Waals surface area contributed by atoms with Gasteiger partial charge in [0.1, 0.15) is 5.75 Å². The predicted octanol–water partition coefficient (Wildman–Crippen LogP) is 2.80. The van der Waals surface area contributed by atoms with Crippen molar-refractivity contribution in [3.63, 3.8) is 0 Å². The van der Waals surface area contributed by atoms with Crippen LogP contribution in [0.25, 0.3) is 6.08 Å². The molecule has 0 unspecified atom stereocenters. The van der Waals surface area contributed by atoms with Gasteiger partial charge in [0.25, 0.3) is 0 Å². The molecule has 0 aliphatic rings.